The number of rotatable bonds is 7. The summed E-state index contributed by atoms with van der Waals surface area (Å²) in [5, 5.41) is 7.81. The lowest BCUT2D eigenvalue weighted by Crippen LogP contribution is -2.29. The number of esters is 1. The van der Waals surface area contributed by atoms with E-state index in [1.807, 2.05) is 25.1 Å². The molecule has 0 fully saturated rings. The number of aromatic nitrogens is 3. The van der Waals surface area contributed by atoms with Gasteiger partial charge in [-0.15, -0.1) is 0 Å². The van der Waals surface area contributed by atoms with Gasteiger partial charge in [-0.1, -0.05) is 30.3 Å². The topological polar surface area (TPSA) is 86.1 Å². The minimum absolute atomic E-state index is 0.301. The Labute approximate surface area is 157 Å². The lowest BCUT2D eigenvalue weighted by molar-refractivity contribution is -0.124. The van der Waals surface area contributed by atoms with Crippen molar-refractivity contribution in [3.63, 3.8) is 0 Å². The molecule has 0 aliphatic heterocycles. The standard InChI is InChI=1S/C20H22N4O3/c1-14-17-11-16(12-22-19(17)24(2)23-14)20(26)27-13-18(25)21-10-6-9-15-7-4-3-5-8-15/h3-5,7-8,11-12H,6,9-10,13H2,1-2H3,(H,21,25). The minimum atomic E-state index is -0.577. The van der Waals surface area contributed by atoms with Crippen LogP contribution in [-0.2, 0) is 23.0 Å². The van der Waals surface area contributed by atoms with Crippen molar-refractivity contribution < 1.29 is 14.3 Å². The van der Waals surface area contributed by atoms with E-state index in [2.05, 4.69) is 27.5 Å². The van der Waals surface area contributed by atoms with E-state index in [0.717, 1.165) is 23.9 Å². The normalized spacial score (nSPS) is 10.7. The van der Waals surface area contributed by atoms with Gasteiger partial charge < -0.3 is 10.1 Å². The summed E-state index contributed by atoms with van der Waals surface area (Å²) in [6.45, 7) is 2.07. The van der Waals surface area contributed by atoms with Gasteiger partial charge in [-0.05, 0) is 31.4 Å². The highest BCUT2D eigenvalue weighted by Gasteiger charge is 2.14. The average Bonchev–Trinajstić information content (AvgIpc) is 2.97. The predicted octanol–water partition coefficient (Wildman–Crippen LogP) is 2.18. The van der Waals surface area contributed by atoms with Crippen molar-refractivity contribution in [3.05, 3.63) is 59.4 Å². The first-order chi connectivity index (χ1) is 13.0. The van der Waals surface area contributed by atoms with Crippen LogP contribution < -0.4 is 5.32 Å². The number of benzene rings is 1. The number of nitrogens with one attached hydrogen (secondary N) is 1. The molecule has 2 aromatic heterocycles. The van der Waals surface area contributed by atoms with Crippen molar-refractivity contribution in [2.45, 2.75) is 19.8 Å². The van der Waals surface area contributed by atoms with Gasteiger partial charge in [0.15, 0.2) is 12.3 Å². The summed E-state index contributed by atoms with van der Waals surface area (Å²) in [5.74, 6) is -0.893. The third-order valence-corrected chi connectivity index (χ3v) is 4.24. The van der Waals surface area contributed by atoms with Crippen LogP contribution in [0.15, 0.2) is 42.6 Å². The Morgan fingerprint density at radius 2 is 2.00 bits per heavy atom. The predicted molar refractivity (Wildman–Crippen MR) is 101 cm³/mol. The molecule has 0 atom stereocenters. The number of carbonyl (C=O) groups excluding carboxylic acids is 2. The van der Waals surface area contributed by atoms with Crippen LogP contribution in [-0.4, -0.2) is 39.8 Å². The summed E-state index contributed by atoms with van der Waals surface area (Å²) >= 11 is 0. The Balaban J connectivity index is 1.44. The van der Waals surface area contributed by atoms with Crippen LogP contribution in [0, 0.1) is 6.92 Å². The van der Waals surface area contributed by atoms with Crippen LogP contribution in [0.3, 0.4) is 0 Å². The number of hydrogen-bond acceptors (Lipinski definition) is 5. The lowest BCUT2D eigenvalue weighted by atomic mass is 10.1. The van der Waals surface area contributed by atoms with Crippen LogP contribution in [0.2, 0.25) is 0 Å². The Bertz CT molecular complexity index is 951. The molecule has 1 aromatic carbocycles. The van der Waals surface area contributed by atoms with Gasteiger partial charge in [0, 0.05) is 25.2 Å². The molecule has 0 saturated carbocycles. The van der Waals surface area contributed by atoms with E-state index in [1.165, 1.54) is 11.8 Å². The third-order valence-electron chi connectivity index (χ3n) is 4.24. The summed E-state index contributed by atoms with van der Waals surface area (Å²) in [5.41, 5.74) is 3.01. The van der Waals surface area contributed by atoms with Gasteiger partial charge in [-0.25, -0.2) is 9.78 Å². The molecule has 1 amide bonds. The van der Waals surface area contributed by atoms with Gasteiger partial charge in [-0.2, -0.15) is 5.10 Å². The Kier molecular flexibility index (Phi) is 5.80. The molecule has 0 aliphatic rings. The van der Waals surface area contributed by atoms with Gasteiger partial charge in [0.25, 0.3) is 5.91 Å². The number of aryl methyl sites for hydroxylation is 3. The molecule has 140 valence electrons. The number of pyridine rings is 1. The van der Waals surface area contributed by atoms with Crippen molar-refractivity contribution in [3.8, 4) is 0 Å². The van der Waals surface area contributed by atoms with E-state index in [0.29, 0.717) is 17.8 Å². The molecule has 1 N–H and O–H groups in total. The highest BCUT2D eigenvalue weighted by molar-refractivity contribution is 5.94. The van der Waals surface area contributed by atoms with E-state index < -0.39 is 5.97 Å². The molecule has 0 spiro atoms. The first kappa shape index (κ1) is 18.6. The van der Waals surface area contributed by atoms with E-state index in [9.17, 15) is 9.59 Å². The molecular weight excluding hydrogens is 344 g/mol. The largest absolute Gasteiger partial charge is 0.452 e. The van der Waals surface area contributed by atoms with Crippen molar-refractivity contribution in [2.24, 2.45) is 7.05 Å². The van der Waals surface area contributed by atoms with E-state index >= 15 is 0 Å². The number of nitrogens with zero attached hydrogens (tertiary/aromatic N) is 3. The third kappa shape index (κ3) is 4.69. The van der Waals surface area contributed by atoms with Crippen molar-refractivity contribution >= 4 is 22.9 Å². The second-order valence-electron chi connectivity index (χ2n) is 6.32. The maximum Gasteiger partial charge on any atom is 0.340 e. The zero-order chi connectivity index (χ0) is 19.2. The summed E-state index contributed by atoms with van der Waals surface area (Å²) < 4.78 is 6.74. The molecule has 0 bridgehead atoms. The molecule has 7 nitrogen and oxygen atoms in total. The number of hydrogen-bond donors (Lipinski definition) is 1. The molecule has 0 saturated heterocycles. The smallest absolute Gasteiger partial charge is 0.340 e. The fraction of sp³-hybridized carbons (Fsp3) is 0.300. The fourth-order valence-electron chi connectivity index (χ4n) is 2.85. The first-order valence-corrected chi connectivity index (χ1v) is 8.81. The van der Waals surface area contributed by atoms with Crippen molar-refractivity contribution in [1.82, 2.24) is 20.1 Å². The van der Waals surface area contributed by atoms with Crippen LogP contribution >= 0.6 is 0 Å². The quantitative estimate of drug-likeness (QED) is 0.512. The highest BCUT2D eigenvalue weighted by atomic mass is 16.5. The second kappa shape index (κ2) is 8.44. The SMILES string of the molecule is Cc1nn(C)c2ncc(C(=O)OCC(=O)NCCCc3ccccc3)cc12. The van der Waals surface area contributed by atoms with E-state index in [1.54, 1.807) is 17.8 Å². The van der Waals surface area contributed by atoms with Crippen LogP contribution in [0.5, 0.6) is 0 Å². The Morgan fingerprint density at radius 3 is 2.78 bits per heavy atom. The van der Waals surface area contributed by atoms with Crippen molar-refractivity contribution in [2.75, 3.05) is 13.2 Å². The highest BCUT2D eigenvalue weighted by Crippen LogP contribution is 2.16. The number of amides is 1. The van der Waals surface area contributed by atoms with Gasteiger partial charge >= 0.3 is 5.97 Å². The number of ether oxygens (including phenoxy) is 1. The van der Waals surface area contributed by atoms with Crippen LogP contribution in [0.1, 0.15) is 28.0 Å². The molecule has 0 aliphatic carbocycles. The van der Waals surface area contributed by atoms with E-state index in [-0.39, 0.29) is 12.5 Å². The summed E-state index contributed by atoms with van der Waals surface area (Å²) in [6, 6.07) is 11.8. The molecule has 3 rings (SSSR count). The van der Waals surface area contributed by atoms with Crippen molar-refractivity contribution in [1.29, 1.82) is 0 Å². The molecule has 0 unspecified atom stereocenters. The Hall–Kier alpha value is -3.22. The van der Waals surface area contributed by atoms with Gasteiger partial charge in [0.05, 0.1) is 11.3 Å². The second-order valence-corrected chi connectivity index (χ2v) is 6.32. The van der Waals surface area contributed by atoms with Gasteiger partial charge in [0.2, 0.25) is 0 Å². The fourth-order valence-corrected chi connectivity index (χ4v) is 2.85. The maximum atomic E-state index is 12.2. The van der Waals surface area contributed by atoms with Gasteiger partial charge in [0.1, 0.15) is 0 Å². The maximum absolute atomic E-state index is 12.2. The van der Waals surface area contributed by atoms with Gasteiger partial charge in [-0.3, -0.25) is 9.48 Å². The first-order valence-electron chi connectivity index (χ1n) is 8.81. The zero-order valence-electron chi connectivity index (χ0n) is 15.4. The summed E-state index contributed by atoms with van der Waals surface area (Å²) in [6.07, 6.45) is 3.14. The number of carbonyl (C=O) groups is 2. The number of fused-ring (bicyclic) bond motifs is 1. The monoisotopic (exact) mass is 366 g/mol. The summed E-state index contributed by atoms with van der Waals surface area (Å²) in [4.78, 5) is 28.2. The zero-order valence-corrected chi connectivity index (χ0v) is 15.4. The molecule has 2 heterocycles. The van der Waals surface area contributed by atoms with E-state index in [4.69, 9.17) is 4.74 Å². The summed E-state index contributed by atoms with van der Waals surface area (Å²) in [7, 11) is 1.79. The molecule has 27 heavy (non-hydrogen) atoms. The average molecular weight is 366 g/mol. The molecule has 7 heteroatoms. The lowest BCUT2D eigenvalue weighted by Gasteiger charge is -2.07. The molecular formula is C20H22N4O3. The minimum Gasteiger partial charge on any atom is -0.452 e. The molecule has 0 radical (unpaired) electrons. The Morgan fingerprint density at radius 1 is 1.22 bits per heavy atom. The van der Waals surface area contributed by atoms with Crippen LogP contribution in [0.25, 0.3) is 11.0 Å². The molecule has 3 aromatic rings. The van der Waals surface area contributed by atoms with Crippen LogP contribution in [0.4, 0.5) is 0 Å².